The zero-order chi connectivity index (χ0) is 25.8. The fourth-order valence-corrected chi connectivity index (χ4v) is 3.81. The highest BCUT2D eigenvalue weighted by molar-refractivity contribution is 6.30. The Labute approximate surface area is 204 Å². The van der Waals surface area contributed by atoms with Gasteiger partial charge >= 0.3 is 12.2 Å². The van der Waals surface area contributed by atoms with Crippen molar-refractivity contribution in [2.75, 3.05) is 0 Å². The molecular weight excluding hydrogens is 484 g/mol. The molecule has 0 spiro atoms. The van der Waals surface area contributed by atoms with Gasteiger partial charge < -0.3 is 10.6 Å². The van der Waals surface area contributed by atoms with Crippen LogP contribution in [0.25, 0.3) is 0 Å². The van der Waals surface area contributed by atoms with E-state index < -0.39 is 29.1 Å². The maximum atomic E-state index is 14.6. The second-order valence-corrected chi connectivity index (χ2v) is 8.67. The monoisotopic (exact) mass is 504 g/mol. The van der Waals surface area contributed by atoms with E-state index in [0.29, 0.717) is 17.2 Å². The lowest BCUT2D eigenvalue weighted by molar-refractivity contribution is -0.137. The van der Waals surface area contributed by atoms with Gasteiger partial charge in [0.25, 0.3) is 0 Å². The van der Waals surface area contributed by atoms with Crippen LogP contribution >= 0.6 is 11.6 Å². The highest BCUT2D eigenvalue weighted by Crippen LogP contribution is 2.38. The minimum Gasteiger partial charge on any atom is -0.336 e. The van der Waals surface area contributed by atoms with Crippen molar-refractivity contribution in [2.45, 2.75) is 38.0 Å². The Balaban J connectivity index is 2.32. The number of rotatable bonds is 6. The first kappa shape index (κ1) is 26.0. The summed E-state index contributed by atoms with van der Waals surface area (Å²) in [6.07, 6.45) is -3.69. The quantitative estimate of drug-likeness (QED) is 0.407. The molecule has 35 heavy (non-hydrogen) atoms. The Morgan fingerprint density at radius 2 is 1.83 bits per heavy atom. The van der Waals surface area contributed by atoms with Crippen molar-refractivity contribution in [3.05, 3.63) is 99.6 Å². The third kappa shape index (κ3) is 6.28. The first-order valence-electron chi connectivity index (χ1n) is 10.5. The average Bonchev–Trinajstić information content (AvgIpc) is 2.77. The lowest BCUT2D eigenvalue weighted by Gasteiger charge is -2.36. The Bertz CT molecular complexity index is 1260. The van der Waals surface area contributed by atoms with Gasteiger partial charge in [-0.05, 0) is 67.4 Å². The molecule has 0 radical (unpaired) electrons. The summed E-state index contributed by atoms with van der Waals surface area (Å²) in [5, 5.41) is 14.9. The number of nitrogens with one attached hydrogen (secondary N) is 2. The van der Waals surface area contributed by atoms with Crippen molar-refractivity contribution in [3.8, 4) is 6.07 Å². The van der Waals surface area contributed by atoms with E-state index in [-0.39, 0.29) is 28.7 Å². The highest BCUT2D eigenvalue weighted by atomic mass is 35.5. The number of carbonyl (C=O) groups excluding carboxylic acids is 1. The summed E-state index contributed by atoms with van der Waals surface area (Å²) in [6.45, 7) is 3.42. The Hall–Kier alpha value is -3.64. The number of aromatic nitrogens is 1. The number of nitrogens with zero attached hydrogens (tertiary/aromatic N) is 2. The van der Waals surface area contributed by atoms with Gasteiger partial charge in [0.15, 0.2) is 0 Å². The van der Waals surface area contributed by atoms with Crippen LogP contribution in [0, 0.1) is 17.1 Å². The Morgan fingerprint density at radius 3 is 2.43 bits per heavy atom. The van der Waals surface area contributed by atoms with Gasteiger partial charge in [0, 0.05) is 18.7 Å². The molecule has 2 N–H and O–H groups in total. The molecule has 1 atom stereocenters. The molecule has 182 valence electrons. The second kappa shape index (κ2) is 10.3. The standard InChI is InChI=1S/C25H21ClF4N4O/c1-15(2)33-23(35)34-24(22-7-6-20(26)14-32-22,12-16-4-3-5-17(8-16)13-31)18-9-19(25(28,29)30)11-21(27)10-18/h3-11,14-15H,12H2,1-2H3,(H2,33,34,35)/t24-/m0/s1. The molecule has 3 aromatic rings. The van der Waals surface area contributed by atoms with Crippen molar-refractivity contribution in [1.82, 2.24) is 15.6 Å². The van der Waals surface area contributed by atoms with Crippen molar-refractivity contribution in [2.24, 2.45) is 0 Å². The van der Waals surface area contributed by atoms with E-state index >= 15 is 0 Å². The number of carbonyl (C=O) groups is 1. The van der Waals surface area contributed by atoms with Crippen LogP contribution in [0.5, 0.6) is 0 Å². The van der Waals surface area contributed by atoms with Crippen molar-refractivity contribution in [3.63, 3.8) is 0 Å². The van der Waals surface area contributed by atoms with E-state index in [1.165, 1.54) is 24.4 Å². The van der Waals surface area contributed by atoms with Crippen molar-refractivity contribution >= 4 is 17.6 Å². The molecule has 5 nitrogen and oxygen atoms in total. The van der Waals surface area contributed by atoms with Gasteiger partial charge in [-0.3, -0.25) is 4.98 Å². The summed E-state index contributed by atoms with van der Waals surface area (Å²) in [6, 6.07) is 12.4. The molecule has 0 saturated heterocycles. The third-order valence-corrected chi connectivity index (χ3v) is 5.38. The van der Waals surface area contributed by atoms with E-state index in [4.69, 9.17) is 11.6 Å². The summed E-state index contributed by atoms with van der Waals surface area (Å²) in [5.41, 5.74) is -2.21. The number of alkyl halides is 3. The molecule has 3 rings (SSSR count). The topological polar surface area (TPSA) is 77.8 Å². The fourth-order valence-electron chi connectivity index (χ4n) is 3.70. The fraction of sp³-hybridized carbons (Fsp3) is 0.240. The number of nitriles is 1. The summed E-state index contributed by atoms with van der Waals surface area (Å²) in [7, 11) is 0. The molecule has 2 aromatic carbocycles. The van der Waals surface area contributed by atoms with Gasteiger partial charge in [-0.15, -0.1) is 0 Å². The SMILES string of the molecule is CC(C)NC(=O)N[C@@](Cc1cccc(C#N)c1)(c1cc(F)cc(C(F)(F)F)c1)c1ccc(Cl)cn1. The van der Waals surface area contributed by atoms with E-state index in [0.717, 1.165) is 12.1 Å². The summed E-state index contributed by atoms with van der Waals surface area (Å²) < 4.78 is 55.4. The molecular formula is C25H21ClF4N4O. The largest absolute Gasteiger partial charge is 0.416 e. The molecule has 2 amide bonds. The van der Waals surface area contributed by atoms with Crippen molar-refractivity contribution in [1.29, 1.82) is 5.26 Å². The predicted molar refractivity (Wildman–Crippen MR) is 123 cm³/mol. The molecule has 0 fully saturated rings. The number of halogens is 5. The van der Waals surface area contributed by atoms with Gasteiger partial charge in [-0.1, -0.05) is 23.7 Å². The zero-order valence-electron chi connectivity index (χ0n) is 18.8. The van der Waals surface area contributed by atoms with Crippen molar-refractivity contribution < 1.29 is 22.4 Å². The molecule has 0 saturated carbocycles. The van der Waals surface area contributed by atoms with Crippen LogP contribution in [0.4, 0.5) is 22.4 Å². The molecule has 0 unspecified atom stereocenters. The van der Waals surface area contributed by atoms with E-state index in [2.05, 4.69) is 15.6 Å². The smallest absolute Gasteiger partial charge is 0.336 e. The summed E-state index contributed by atoms with van der Waals surface area (Å²) in [5.74, 6) is -1.13. The van der Waals surface area contributed by atoms with Gasteiger partial charge in [0.05, 0.1) is 27.9 Å². The van der Waals surface area contributed by atoms with E-state index in [9.17, 15) is 27.6 Å². The average molecular weight is 505 g/mol. The highest BCUT2D eigenvalue weighted by Gasteiger charge is 2.41. The first-order valence-corrected chi connectivity index (χ1v) is 10.9. The molecule has 0 aliphatic rings. The zero-order valence-corrected chi connectivity index (χ0v) is 19.5. The maximum absolute atomic E-state index is 14.6. The van der Waals surface area contributed by atoms with Gasteiger partial charge in [0.2, 0.25) is 0 Å². The number of amides is 2. The first-order chi connectivity index (χ1) is 16.4. The lowest BCUT2D eigenvalue weighted by atomic mass is 9.79. The van der Waals surface area contributed by atoms with Crippen LogP contribution in [0.3, 0.4) is 0 Å². The minimum absolute atomic E-state index is 0.127. The van der Waals surface area contributed by atoms with Gasteiger partial charge in [0.1, 0.15) is 11.4 Å². The van der Waals surface area contributed by atoms with Gasteiger partial charge in [-0.25, -0.2) is 9.18 Å². The number of pyridine rings is 1. The lowest BCUT2D eigenvalue weighted by Crippen LogP contribution is -2.53. The van der Waals surface area contributed by atoms with Gasteiger partial charge in [-0.2, -0.15) is 18.4 Å². The summed E-state index contributed by atoms with van der Waals surface area (Å²) >= 11 is 5.99. The number of hydrogen-bond acceptors (Lipinski definition) is 3. The molecule has 10 heteroatoms. The van der Waals surface area contributed by atoms with E-state index in [1.807, 2.05) is 6.07 Å². The Morgan fingerprint density at radius 1 is 1.11 bits per heavy atom. The van der Waals surface area contributed by atoms with Crippen LogP contribution in [0.1, 0.15) is 41.8 Å². The number of benzene rings is 2. The molecule has 0 aliphatic carbocycles. The van der Waals surface area contributed by atoms with Crippen LogP contribution in [0.2, 0.25) is 5.02 Å². The van der Waals surface area contributed by atoms with Crippen LogP contribution in [-0.4, -0.2) is 17.1 Å². The second-order valence-electron chi connectivity index (χ2n) is 8.24. The Kier molecular flexibility index (Phi) is 7.66. The normalized spacial score (nSPS) is 13.1. The minimum atomic E-state index is -4.84. The predicted octanol–water partition coefficient (Wildman–Crippen LogP) is 5.96. The molecule has 1 aromatic heterocycles. The molecule has 1 heterocycles. The molecule has 0 aliphatic heterocycles. The number of urea groups is 1. The van der Waals surface area contributed by atoms with E-state index in [1.54, 1.807) is 32.0 Å². The van der Waals surface area contributed by atoms with Crippen LogP contribution < -0.4 is 10.6 Å². The van der Waals surface area contributed by atoms with Crippen LogP contribution in [0.15, 0.2) is 60.8 Å². The number of hydrogen-bond donors (Lipinski definition) is 2. The van der Waals surface area contributed by atoms with Crippen LogP contribution in [-0.2, 0) is 18.1 Å². The maximum Gasteiger partial charge on any atom is 0.416 e. The molecule has 0 bridgehead atoms. The summed E-state index contributed by atoms with van der Waals surface area (Å²) in [4.78, 5) is 17.2. The third-order valence-electron chi connectivity index (χ3n) is 5.15.